The number of rotatable bonds is 7. The predicted molar refractivity (Wildman–Crippen MR) is 114 cm³/mol. The molecule has 0 aliphatic carbocycles. The highest BCUT2D eigenvalue weighted by Gasteiger charge is 2.32. The van der Waals surface area contributed by atoms with Gasteiger partial charge in [-0.15, -0.1) is 0 Å². The maximum atomic E-state index is 12.6. The van der Waals surface area contributed by atoms with E-state index in [0.29, 0.717) is 30.4 Å². The number of nitrogens with one attached hydrogen (secondary N) is 1. The van der Waals surface area contributed by atoms with E-state index in [1.54, 1.807) is 18.5 Å². The molecule has 4 rings (SSSR count). The molecule has 1 unspecified atom stereocenters. The van der Waals surface area contributed by atoms with Gasteiger partial charge in [-0.3, -0.25) is 9.69 Å². The van der Waals surface area contributed by atoms with Gasteiger partial charge in [-0.05, 0) is 45.4 Å². The van der Waals surface area contributed by atoms with Gasteiger partial charge < -0.3 is 14.5 Å². The monoisotopic (exact) mass is 425 g/mol. The van der Waals surface area contributed by atoms with E-state index in [1.165, 1.54) is 6.20 Å². The average molecular weight is 425 g/mol. The summed E-state index contributed by atoms with van der Waals surface area (Å²) >= 11 is 0. The molecular formula is C22H27N5O4. The summed E-state index contributed by atoms with van der Waals surface area (Å²) in [6.45, 7) is 5.27. The second-order valence-electron chi connectivity index (χ2n) is 7.45. The van der Waals surface area contributed by atoms with Crippen molar-refractivity contribution < 1.29 is 19.1 Å². The summed E-state index contributed by atoms with van der Waals surface area (Å²) in [7, 11) is 0. The molecule has 31 heavy (non-hydrogen) atoms. The Hall–Kier alpha value is -3.20. The molecule has 0 amide bonds. The minimum absolute atomic E-state index is 0.227. The molecule has 3 heterocycles. The van der Waals surface area contributed by atoms with Gasteiger partial charge in [-0.2, -0.15) is 5.10 Å². The molecule has 0 saturated carbocycles. The van der Waals surface area contributed by atoms with Crippen LogP contribution in [0.25, 0.3) is 17.0 Å². The van der Waals surface area contributed by atoms with E-state index >= 15 is 0 Å². The molecule has 9 nitrogen and oxygen atoms in total. The number of hydrogen-bond donors (Lipinski definition) is 1. The van der Waals surface area contributed by atoms with Crippen LogP contribution in [0.1, 0.15) is 49.2 Å². The summed E-state index contributed by atoms with van der Waals surface area (Å²) in [6, 6.07) is 7.34. The van der Waals surface area contributed by atoms with Crippen LogP contribution in [-0.4, -0.2) is 62.4 Å². The molecule has 1 saturated heterocycles. The molecule has 164 valence electrons. The lowest BCUT2D eigenvalue weighted by Gasteiger charge is -2.34. The molecule has 0 bridgehead atoms. The van der Waals surface area contributed by atoms with Crippen LogP contribution in [0.3, 0.4) is 0 Å². The number of imidazole rings is 1. The predicted octanol–water partition coefficient (Wildman–Crippen LogP) is 2.84. The van der Waals surface area contributed by atoms with E-state index in [-0.39, 0.29) is 18.6 Å². The number of benzene rings is 1. The number of carbonyl (C=O) groups excluding carboxylic acids is 2. The fourth-order valence-corrected chi connectivity index (χ4v) is 4.01. The quantitative estimate of drug-likeness (QED) is 0.581. The first-order valence-corrected chi connectivity index (χ1v) is 10.7. The Bertz CT molecular complexity index is 1040. The van der Waals surface area contributed by atoms with Crippen molar-refractivity contribution in [3.8, 4) is 5.95 Å². The van der Waals surface area contributed by atoms with Gasteiger partial charge in [0.05, 0.1) is 36.1 Å². The number of hydrogen-bond acceptors (Lipinski definition) is 7. The minimum Gasteiger partial charge on any atom is -0.465 e. The van der Waals surface area contributed by atoms with Gasteiger partial charge in [0.15, 0.2) is 0 Å². The zero-order valence-corrected chi connectivity index (χ0v) is 17.8. The number of nitrogens with zero attached hydrogens (tertiary/aromatic N) is 4. The molecule has 1 aromatic carbocycles. The van der Waals surface area contributed by atoms with E-state index in [0.717, 1.165) is 36.8 Å². The van der Waals surface area contributed by atoms with Crippen LogP contribution < -0.4 is 0 Å². The van der Waals surface area contributed by atoms with Crippen molar-refractivity contribution in [3.05, 3.63) is 41.7 Å². The number of aromatic nitrogens is 4. The molecule has 1 atom stereocenters. The summed E-state index contributed by atoms with van der Waals surface area (Å²) in [6.07, 6.45) is 4.17. The van der Waals surface area contributed by atoms with Crippen molar-refractivity contribution in [2.75, 3.05) is 19.8 Å². The third kappa shape index (κ3) is 4.32. The highest BCUT2D eigenvalue weighted by molar-refractivity contribution is 5.90. The molecule has 1 aliphatic rings. The highest BCUT2D eigenvalue weighted by atomic mass is 16.5. The number of H-pyrrole nitrogens is 1. The van der Waals surface area contributed by atoms with E-state index in [4.69, 9.17) is 9.47 Å². The van der Waals surface area contributed by atoms with E-state index in [2.05, 4.69) is 20.0 Å². The summed E-state index contributed by atoms with van der Waals surface area (Å²) in [5, 5.41) is 4.44. The summed E-state index contributed by atoms with van der Waals surface area (Å²) in [4.78, 5) is 35.1. The maximum Gasteiger partial charge on any atom is 0.341 e. The second kappa shape index (κ2) is 9.30. The first kappa shape index (κ1) is 21.0. The van der Waals surface area contributed by atoms with Crippen LogP contribution in [0.15, 0.2) is 30.5 Å². The number of carbonyl (C=O) groups is 2. The van der Waals surface area contributed by atoms with Crippen molar-refractivity contribution in [1.82, 2.24) is 24.6 Å². The number of esters is 2. The van der Waals surface area contributed by atoms with Gasteiger partial charge in [-0.1, -0.05) is 18.6 Å². The van der Waals surface area contributed by atoms with Crippen LogP contribution >= 0.6 is 0 Å². The SMILES string of the molecule is CCOC(=O)c1cnn(-c2nc3ccccc3[nH]2)c1CN1CCCCC1C(=O)OCC. The lowest BCUT2D eigenvalue weighted by molar-refractivity contribution is -0.151. The van der Waals surface area contributed by atoms with Crippen LogP contribution in [0, 0.1) is 0 Å². The van der Waals surface area contributed by atoms with Crippen molar-refractivity contribution >= 4 is 23.0 Å². The second-order valence-corrected chi connectivity index (χ2v) is 7.45. The van der Waals surface area contributed by atoms with Crippen molar-refractivity contribution in [3.63, 3.8) is 0 Å². The normalized spacial score (nSPS) is 17.0. The Morgan fingerprint density at radius 1 is 1.16 bits per heavy atom. The first-order chi connectivity index (χ1) is 15.1. The minimum atomic E-state index is -0.440. The number of aromatic amines is 1. The van der Waals surface area contributed by atoms with Gasteiger partial charge in [0.2, 0.25) is 5.95 Å². The lowest BCUT2D eigenvalue weighted by Crippen LogP contribution is -2.45. The molecule has 1 aliphatic heterocycles. The highest BCUT2D eigenvalue weighted by Crippen LogP contribution is 2.24. The molecule has 1 N–H and O–H groups in total. The molecule has 2 aromatic heterocycles. The van der Waals surface area contributed by atoms with Gasteiger partial charge in [0, 0.05) is 6.54 Å². The molecule has 9 heteroatoms. The van der Waals surface area contributed by atoms with Crippen molar-refractivity contribution in [2.24, 2.45) is 0 Å². The number of para-hydroxylation sites is 2. The van der Waals surface area contributed by atoms with Gasteiger partial charge in [0.25, 0.3) is 0 Å². The van der Waals surface area contributed by atoms with Crippen LogP contribution in [0.2, 0.25) is 0 Å². The largest absolute Gasteiger partial charge is 0.465 e. The molecular weight excluding hydrogens is 398 g/mol. The third-order valence-corrected chi connectivity index (χ3v) is 5.47. The lowest BCUT2D eigenvalue weighted by atomic mass is 10.0. The Morgan fingerprint density at radius 2 is 1.97 bits per heavy atom. The first-order valence-electron chi connectivity index (χ1n) is 10.7. The fourth-order valence-electron chi connectivity index (χ4n) is 4.01. The Labute approximate surface area is 180 Å². The molecule has 1 fully saturated rings. The molecule has 0 spiro atoms. The summed E-state index contributed by atoms with van der Waals surface area (Å²) in [5.74, 6) is -0.157. The van der Waals surface area contributed by atoms with E-state index < -0.39 is 5.97 Å². The summed E-state index contributed by atoms with van der Waals surface area (Å²) < 4.78 is 12.2. The Balaban J connectivity index is 1.72. The van der Waals surface area contributed by atoms with Gasteiger partial charge in [0.1, 0.15) is 11.6 Å². The number of likely N-dealkylation sites (tertiary alicyclic amines) is 1. The van der Waals surface area contributed by atoms with Crippen LogP contribution in [0.5, 0.6) is 0 Å². The maximum absolute atomic E-state index is 12.6. The zero-order chi connectivity index (χ0) is 21.8. The zero-order valence-electron chi connectivity index (χ0n) is 17.8. The third-order valence-electron chi connectivity index (χ3n) is 5.47. The van der Waals surface area contributed by atoms with Crippen molar-refractivity contribution in [1.29, 1.82) is 0 Å². The number of ether oxygens (including phenoxy) is 2. The Kier molecular flexibility index (Phi) is 6.31. The van der Waals surface area contributed by atoms with Crippen molar-refractivity contribution in [2.45, 2.75) is 45.7 Å². The smallest absolute Gasteiger partial charge is 0.341 e. The Morgan fingerprint density at radius 3 is 2.74 bits per heavy atom. The van der Waals surface area contributed by atoms with E-state index in [1.807, 2.05) is 24.3 Å². The van der Waals surface area contributed by atoms with Crippen LogP contribution in [-0.2, 0) is 20.8 Å². The average Bonchev–Trinajstić information content (AvgIpc) is 3.38. The van der Waals surface area contributed by atoms with Gasteiger partial charge >= 0.3 is 11.9 Å². The van der Waals surface area contributed by atoms with Gasteiger partial charge in [-0.25, -0.2) is 14.5 Å². The molecule has 3 aromatic rings. The van der Waals surface area contributed by atoms with E-state index in [9.17, 15) is 9.59 Å². The standard InChI is InChI=1S/C22H27N5O4/c1-3-30-20(28)15-13-23-27(22-24-16-9-5-6-10-17(16)25-22)19(15)14-26-12-8-7-11-18(26)21(29)31-4-2/h5-6,9-10,13,18H,3-4,7-8,11-12,14H2,1-2H3,(H,24,25). The fraction of sp³-hybridized carbons (Fsp3) is 0.455. The number of fused-ring (bicyclic) bond motifs is 1. The van der Waals surface area contributed by atoms with Crippen LogP contribution in [0.4, 0.5) is 0 Å². The number of piperidine rings is 1. The summed E-state index contributed by atoms with van der Waals surface area (Å²) in [5.41, 5.74) is 2.68. The topological polar surface area (TPSA) is 102 Å². The molecule has 0 radical (unpaired) electrons.